The summed E-state index contributed by atoms with van der Waals surface area (Å²) in [5, 5.41) is 10.3. The third-order valence-corrected chi connectivity index (χ3v) is 5.71. The number of aryl methyl sites for hydroxylation is 2. The third kappa shape index (κ3) is 7.90. The molecule has 0 heterocycles. The van der Waals surface area contributed by atoms with E-state index in [-0.39, 0.29) is 18.8 Å². The van der Waals surface area contributed by atoms with Gasteiger partial charge >= 0.3 is 11.9 Å². The van der Waals surface area contributed by atoms with Crippen LogP contribution in [0.1, 0.15) is 88.2 Å². The van der Waals surface area contributed by atoms with Crippen LogP contribution in [0.2, 0.25) is 0 Å². The summed E-state index contributed by atoms with van der Waals surface area (Å²) in [7, 11) is 1.15. The van der Waals surface area contributed by atoms with Gasteiger partial charge in [0.25, 0.3) is 0 Å². The predicted octanol–water partition coefficient (Wildman–Crippen LogP) is 5.02. The fourth-order valence-corrected chi connectivity index (χ4v) is 3.28. The van der Waals surface area contributed by atoms with Crippen LogP contribution in [0.4, 0.5) is 0 Å². The normalized spacial score (nSPS) is 13.6. The Hall–Kier alpha value is -2.47. The number of carbonyl (C=O) groups excluding carboxylic acids is 3. The first kappa shape index (κ1) is 27.6. The second-order valence-electron chi connectivity index (χ2n) is 8.88. The van der Waals surface area contributed by atoms with Gasteiger partial charge in [-0.15, -0.1) is 0 Å². The Balaban J connectivity index is 3.17. The zero-order valence-electron chi connectivity index (χ0n) is 20.5. The molecule has 1 rings (SSSR count). The van der Waals surface area contributed by atoms with Crippen LogP contribution in [0.15, 0.2) is 18.2 Å². The standard InChI is InChI=1S/C26H38O6/c1-8-10-23(32-25(30)26(5,6)9-2)21-16-17(3)15-18(4)20(21)13-11-19(27)12-14-22(28)24(29)31-7/h11,13,15-16,19,23,27H,8-10,12,14H2,1-7H3/b13-11+. The highest BCUT2D eigenvalue weighted by atomic mass is 16.5. The number of hydrogen-bond acceptors (Lipinski definition) is 6. The van der Waals surface area contributed by atoms with Gasteiger partial charge in [0.1, 0.15) is 6.10 Å². The maximum absolute atomic E-state index is 12.8. The minimum atomic E-state index is -0.905. The topological polar surface area (TPSA) is 89.9 Å². The first-order chi connectivity index (χ1) is 15.0. The molecular weight excluding hydrogens is 408 g/mol. The molecule has 1 aromatic rings. The van der Waals surface area contributed by atoms with Crippen molar-refractivity contribution in [3.05, 3.63) is 40.5 Å². The number of ether oxygens (including phenoxy) is 2. The molecule has 0 radical (unpaired) electrons. The van der Waals surface area contributed by atoms with E-state index >= 15 is 0 Å². The van der Waals surface area contributed by atoms with Crippen molar-refractivity contribution in [2.45, 2.75) is 85.9 Å². The monoisotopic (exact) mass is 446 g/mol. The summed E-state index contributed by atoms with van der Waals surface area (Å²) in [6.45, 7) is 11.8. The van der Waals surface area contributed by atoms with E-state index in [2.05, 4.69) is 4.74 Å². The zero-order valence-corrected chi connectivity index (χ0v) is 20.5. The largest absolute Gasteiger partial charge is 0.463 e. The zero-order chi connectivity index (χ0) is 24.5. The lowest BCUT2D eigenvalue weighted by molar-refractivity contribution is -0.160. The van der Waals surface area contributed by atoms with E-state index in [0.717, 1.165) is 35.8 Å². The van der Waals surface area contributed by atoms with E-state index in [4.69, 9.17) is 4.74 Å². The molecule has 0 amide bonds. The van der Waals surface area contributed by atoms with Crippen molar-refractivity contribution in [2.75, 3.05) is 7.11 Å². The SMILES string of the molecule is CCCC(OC(=O)C(C)(C)CC)c1cc(C)cc(C)c1/C=C/C(O)CCC(=O)C(=O)OC. The van der Waals surface area contributed by atoms with Gasteiger partial charge in [0, 0.05) is 12.0 Å². The minimum absolute atomic E-state index is 0.0971. The smallest absolute Gasteiger partial charge is 0.374 e. The van der Waals surface area contributed by atoms with Crippen LogP contribution >= 0.6 is 0 Å². The second-order valence-corrected chi connectivity index (χ2v) is 8.88. The van der Waals surface area contributed by atoms with Crippen LogP contribution in [0.5, 0.6) is 0 Å². The number of esters is 2. The maximum atomic E-state index is 12.8. The Kier molecular flexibility index (Phi) is 10.8. The molecule has 6 heteroatoms. The van der Waals surface area contributed by atoms with Crippen LogP contribution in [-0.4, -0.2) is 36.0 Å². The summed E-state index contributed by atoms with van der Waals surface area (Å²) in [6.07, 6.45) is 4.34. The molecule has 2 unspecified atom stereocenters. The maximum Gasteiger partial charge on any atom is 0.374 e. The van der Waals surface area contributed by atoms with Gasteiger partial charge in [0.2, 0.25) is 5.78 Å². The summed E-state index contributed by atoms with van der Waals surface area (Å²) >= 11 is 0. The van der Waals surface area contributed by atoms with Crippen LogP contribution in [0, 0.1) is 19.3 Å². The Bertz CT molecular complexity index is 837. The number of hydrogen-bond donors (Lipinski definition) is 1. The number of aliphatic hydroxyl groups excluding tert-OH is 1. The second kappa shape index (κ2) is 12.5. The Morgan fingerprint density at radius 1 is 1.12 bits per heavy atom. The summed E-state index contributed by atoms with van der Waals surface area (Å²) < 4.78 is 10.4. The molecule has 178 valence electrons. The summed E-state index contributed by atoms with van der Waals surface area (Å²) in [5.41, 5.74) is 3.28. The van der Waals surface area contributed by atoms with Gasteiger partial charge in [0.15, 0.2) is 0 Å². The molecule has 0 fully saturated rings. The van der Waals surface area contributed by atoms with Gasteiger partial charge in [-0.3, -0.25) is 9.59 Å². The molecule has 1 aromatic carbocycles. The van der Waals surface area contributed by atoms with Crippen LogP contribution in [-0.2, 0) is 23.9 Å². The molecule has 0 aromatic heterocycles. The van der Waals surface area contributed by atoms with E-state index < -0.39 is 29.4 Å². The van der Waals surface area contributed by atoms with Gasteiger partial charge in [-0.1, -0.05) is 50.1 Å². The molecule has 0 bridgehead atoms. The molecule has 0 saturated heterocycles. The number of methoxy groups -OCH3 is 1. The minimum Gasteiger partial charge on any atom is -0.463 e. The molecule has 0 saturated carbocycles. The van der Waals surface area contributed by atoms with E-state index in [1.807, 2.05) is 53.7 Å². The van der Waals surface area contributed by atoms with Gasteiger partial charge in [0.05, 0.1) is 18.6 Å². The van der Waals surface area contributed by atoms with Crippen LogP contribution in [0.25, 0.3) is 6.08 Å². The number of carbonyl (C=O) groups is 3. The summed E-state index contributed by atoms with van der Waals surface area (Å²) in [6, 6.07) is 4.06. The van der Waals surface area contributed by atoms with Gasteiger partial charge < -0.3 is 14.6 Å². The highest BCUT2D eigenvalue weighted by Gasteiger charge is 2.30. The molecule has 32 heavy (non-hydrogen) atoms. The van der Waals surface area contributed by atoms with E-state index in [0.29, 0.717) is 12.8 Å². The number of benzene rings is 1. The highest BCUT2D eigenvalue weighted by Crippen LogP contribution is 2.33. The summed E-state index contributed by atoms with van der Waals surface area (Å²) in [5.74, 6) is -1.80. The molecule has 0 aliphatic heterocycles. The average molecular weight is 447 g/mol. The van der Waals surface area contributed by atoms with E-state index in [9.17, 15) is 19.5 Å². The average Bonchev–Trinajstić information content (AvgIpc) is 2.75. The first-order valence-electron chi connectivity index (χ1n) is 11.3. The lowest BCUT2D eigenvalue weighted by Gasteiger charge is -2.27. The van der Waals surface area contributed by atoms with E-state index in [1.165, 1.54) is 0 Å². The van der Waals surface area contributed by atoms with Crippen molar-refractivity contribution in [1.29, 1.82) is 0 Å². The number of rotatable bonds is 12. The third-order valence-electron chi connectivity index (χ3n) is 5.71. The van der Waals surface area contributed by atoms with Crippen molar-refractivity contribution in [1.82, 2.24) is 0 Å². The molecule has 0 aliphatic rings. The number of ketones is 1. The molecule has 6 nitrogen and oxygen atoms in total. The Labute approximate surface area is 192 Å². The molecule has 1 N–H and O–H groups in total. The van der Waals surface area contributed by atoms with Crippen molar-refractivity contribution in [2.24, 2.45) is 5.41 Å². The van der Waals surface area contributed by atoms with Crippen LogP contribution < -0.4 is 0 Å². The van der Waals surface area contributed by atoms with Crippen molar-refractivity contribution < 1.29 is 29.0 Å². The number of Topliss-reactive ketones (excluding diaryl/α,β-unsaturated/α-hetero) is 1. The predicted molar refractivity (Wildman–Crippen MR) is 125 cm³/mol. The first-order valence-corrected chi connectivity index (χ1v) is 11.3. The lowest BCUT2D eigenvalue weighted by Crippen LogP contribution is -2.27. The van der Waals surface area contributed by atoms with Crippen molar-refractivity contribution in [3.63, 3.8) is 0 Å². The van der Waals surface area contributed by atoms with Crippen molar-refractivity contribution >= 4 is 23.8 Å². The molecular formula is C26H38O6. The number of aliphatic hydroxyl groups is 1. The van der Waals surface area contributed by atoms with Gasteiger partial charge in [-0.2, -0.15) is 0 Å². The fourth-order valence-electron chi connectivity index (χ4n) is 3.28. The quantitative estimate of drug-likeness (QED) is 0.358. The molecule has 0 aliphatic carbocycles. The lowest BCUT2D eigenvalue weighted by atomic mass is 9.89. The van der Waals surface area contributed by atoms with E-state index in [1.54, 1.807) is 12.2 Å². The fraction of sp³-hybridized carbons (Fsp3) is 0.577. The van der Waals surface area contributed by atoms with Crippen LogP contribution in [0.3, 0.4) is 0 Å². The van der Waals surface area contributed by atoms with Gasteiger partial charge in [-0.05, 0) is 58.1 Å². The molecule has 0 spiro atoms. The Morgan fingerprint density at radius 3 is 2.34 bits per heavy atom. The molecule has 2 atom stereocenters. The van der Waals surface area contributed by atoms with Crippen molar-refractivity contribution in [3.8, 4) is 0 Å². The summed E-state index contributed by atoms with van der Waals surface area (Å²) in [4.78, 5) is 35.6. The van der Waals surface area contributed by atoms with Gasteiger partial charge in [-0.25, -0.2) is 4.79 Å². The highest BCUT2D eigenvalue weighted by molar-refractivity contribution is 6.33. The Morgan fingerprint density at radius 2 is 1.78 bits per heavy atom.